The summed E-state index contributed by atoms with van der Waals surface area (Å²) in [5.41, 5.74) is 3.63. The van der Waals surface area contributed by atoms with E-state index in [2.05, 4.69) is 15.5 Å². The average Bonchev–Trinajstić information content (AvgIpc) is 3.28. The molecule has 2 N–H and O–H groups in total. The Bertz CT molecular complexity index is 852. The van der Waals surface area contributed by atoms with E-state index in [4.69, 9.17) is 0 Å². The van der Waals surface area contributed by atoms with Crippen molar-refractivity contribution in [2.24, 2.45) is 5.92 Å². The fraction of sp³-hybridized carbons (Fsp3) is 0.476. The van der Waals surface area contributed by atoms with Crippen LogP contribution in [0, 0.1) is 5.92 Å². The minimum absolute atomic E-state index is 0.0352. The van der Waals surface area contributed by atoms with Crippen molar-refractivity contribution in [1.29, 1.82) is 0 Å². The zero-order valence-corrected chi connectivity index (χ0v) is 15.8. The lowest BCUT2D eigenvalue weighted by Crippen LogP contribution is -2.25. The van der Waals surface area contributed by atoms with Gasteiger partial charge >= 0.3 is 0 Å². The van der Waals surface area contributed by atoms with Crippen molar-refractivity contribution in [3.63, 3.8) is 0 Å². The summed E-state index contributed by atoms with van der Waals surface area (Å²) in [6.45, 7) is 2.25. The third kappa shape index (κ3) is 3.89. The molecule has 6 nitrogen and oxygen atoms in total. The largest absolute Gasteiger partial charge is 0.312 e. The van der Waals surface area contributed by atoms with Gasteiger partial charge in [0.25, 0.3) is 5.91 Å². The molecule has 2 aliphatic rings. The lowest BCUT2D eigenvalue weighted by molar-refractivity contribution is -0.116. The first kappa shape index (κ1) is 17.8. The van der Waals surface area contributed by atoms with E-state index >= 15 is 0 Å². The van der Waals surface area contributed by atoms with Crippen LogP contribution in [-0.2, 0) is 17.6 Å². The van der Waals surface area contributed by atoms with Crippen LogP contribution in [0.2, 0.25) is 0 Å². The molecule has 0 radical (unpaired) electrons. The summed E-state index contributed by atoms with van der Waals surface area (Å²) in [6.07, 6.45) is 8.35. The molecule has 0 saturated heterocycles. The molecule has 1 aromatic heterocycles. The van der Waals surface area contributed by atoms with Crippen molar-refractivity contribution in [3.8, 4) is 0 Å². The predicted octanol–water partition coefficient (Wildman–Crippen LogP) is 3.69. The molecule has 2 heterocycles. The van der Waals surface area contributed by atoms with Gasteiger partial charge in [0, 0.05) is 36.5 Å². The summed E-state index contributed by atoms with van der Waals surface area (Å²) in [7, 11) is 0. The normalized spacial score (nSPS) is 17.0. The fourth-order valence-electron chi connectivity index (χ4n) is 4.29. The molecule has 0 unspecified atom stereocenters. The van der Waals surface area contributed by atoms with Crippen LogP contribution in [0.25, 0.3) is 0 Å². The number of rotatable bonds is 4. The molecule has 1 aromatic carbocycles. The van der Waals surface area contributed by atoms with Crippen molar-refractivity contribution >= 4 is 23.3 Å². The molecule has 0 spiro atoms. The van der Waals surface area contributed by atoms with E-state index in [1.54, 1.807) is 17.9 Å². The Labute approximate surface area is 159 Å². The number of aromatic nitrogens is 2. The summed E-state index contributed by atoms with van der Waals surface area (Å²) in [5.74, 6) is 1.16. The van der Waals surface area contributed by atoms with Gasteiger partial charge in [-0.2, -0.15) is 5.10 Å². The van der Waals surface area contributed by atoms with Gasteiger partial charge in [-0.1, -0.05) is 32.1 Å². The highest BCUT2D eigenvalue weighted by atomic mass is 16.2. The second-order valence-electron chi connectivity index (χ2n) is 7.70. The second-order valence-corrected chi connectivity index (χ2v) is 7.70. The molecule has 0 bridgehead atoms. The smallest absolute Gasteiger partial charge is 0.256 e. The number of fused-ring (bicyclic) bond motifs is 1. The van der Waals surface area contributed by atoms with Crippen LogP contribution in [0.1, 0.15) is 60.6 Å². The van der Waals surface area contributed by atoms with E-state index in [0.717, 1.165) is 35.7 Å². The van der Waals surface area contributed by atoms with Crippen molar-refractivity contribution < 1.29 is 9.59 Å². The van der Waals surface area contributed by atoms with Crippen LogP contribution in [0.4, 0.5) is 11.5 Å². The number of amides is 2. The maximum absolute atomic E-state index is 12.6. The van der Waals surface area contributed by atoms with E-state index in [0.29, 0.717) is 17.9 Å². The topological polar surface area (TPSA) is 78.1 Å². The highest BCUT2D eigenvalue weighted by Crippen LogP contribution is 2.29. The van der Waals surface area contributed by atoms with E-state index in [9.17, 15) is 9.59 Å². The van der Waals surface area contributed by atoms with Gasteiger partial charge in [-0.3, -0.25) is 14.7 Å². The predicted molar refractivity (Wildman–Crippen MR) is 105 cm³/mol. The lowest BCUT2D eigenvalue weighted by atomic mass is 9.86. The zero-order valence-electron chi connectivity index (χ0n) is 15.8. The van der Waals surface area contributed by atoms with E-state index in [-0.39, 0.29) is 11.8 Å². The quantitative estimate of drug-likeness (QED) is 0.866. The molecule has 27 heavy (non-hydrogen) atoms. The van der Waals surface area contributed by atoms with Crippen molar-refractivity contribution in [2.75, 3.05) is 16.8 Å². The standard InChI is InChI=1S/C21H26N4O2/c1-14(26)25-10-9-16-12-17(7-8-19(16)25)21(27)22-20-13-18(23-24-20)11-15-5-3-2-4-6-15/h7-8,12-13,15H,2-6,9-11H2,1H3,(H2,22,23,24,27). The summed E-state index contributed by atoms with van der Waals surface area (Å²) < 4.78 is 0. The summed E-state index contributed by atoms with van der Waals surface area (Å²) in [6, 6.07) is 7.45. The molecule has 2 aromatic rings. The number of hydrogen-bond donors (Lipinski definition) is 2. The third-order valence-corrected chi connectivity index (χ3v) is 5.72. The SMILES string of the molecule is CC(=O)N1CCc2cc(C(=O)Nc3cc(CC4CCCCC4)[nH]n3)ccc21. The minimum atomic E-state index is -0.171. The van der Waals surface area contributed by atoms with Crippen LogP contribution >= 0.6 is 0 Å². The van der Waals surface area contributed by atoms with Gasteiger partial charge < -0.3 is 10.2 Å². The number of nitrogens with zero attached hydrogens (tertiary/aromatic N) is 2. The molecule has 0 atom stereocenters. The molecular weight excluding hydrogens is 340 g/mol. The highest BCUT2D eigenvalue weighted by molar-refractivity contribution is 6.04. The van der Waals surface area contributed by atoms with Gasteiger partial charge in [-0.05, 0) is 42.5 Å². The van der Waals surface area contributed by atoms with Crippen LogP contribution in [0.3, 0.4) is 0 Å². The van der Waals surface area contributed by atoms with Gasteiger partial charge in [0.2, 0.25) is 5.91 Å². The van der Waals surface area contributed by atoms with Gasteiger partial charge in [0.1, 0.15) is 0 Å². The maximum atomic E-state index is 12.6. The fourth-order valence-corrected chi connectivity index (χ4v) is 4.29. The summed E-state index contributed by atoms with van der Waals surface area (Å²) in [5, 5.41) is 10.2. The first-order valence-corrected chi connectivity index (χ1v) is 9.87. The number of carbonyl (C=O) groups is 2. The van der Waals surface area contributed by atoms with Crippen molar-refractivity contribution in [1.82, 2.24) is 10.2 Å². The number of anilines is 2. The van der Waals surface area contributed by atoms with E-state index < -0.39 is 0 Å². The zero-order chi connectivity index (χ0) is 18.8. The van der Waals surface area contributed by atoms with E-state index in [1.807, 2.05) is 18.2 Å². The van der Waals surface area contributed by atoms with Gasteiger partial charge in [-0.15, -0.1) is 0 Å². The molecule has 2 amide bonds. The molecule has 6 heteroatoms. The van der Waals surface area contributed by atoms with Gasteiger partial charge in [-0.25, -0.2) is 0 Å². The minimum Gasteiger partial charge on any atom is -0.312 e. The average molecular weight is 366 g/mol. The Morgan fingerprint density at radius 1 is 1.22 bits per heavy atom. The number of hydrogen-bond acceptors (Lipinski definition) is 3. The van der Waals surface area contributed by atoms with Crippen LogP contribution in [0.15, 0.2) is 24.3 Å². The summed E-state index contributed by atoms with van der Waals surface area (Å²) in [4.78, 5) is 26.0. The first-order valence-electron chi connectivity index (χ1n) is 9.87. The molecule has 1 aliphatic heterocycles. The molecule has 4 rings (SSSR count). The number of H-pyrrole nitrogens is 1. The van der Waals surface area contributed by atoms with Crippen LogP contribution in [0.5, 0.6) is 0 Å². The Balaban J connectivity index is 1.40. The highest BCUT2D eigenvalue weighted by Gasteiger charge is 2.23. The second kappa shape index (κ2) is 7.55. The Hall–Kier alpha value is -2.63. The number of aromatic amines is 1. The number of carbonyl (C=O) groups excluding carboxylic acids is 2. The maximum Gasteiger partial charge on any atom is 0.256 e. The van der Waals surface area contributed by atoms with Gasteiger partial charge in [0.15, 0.2) is 5.82 Å². The number of nitrogens with one attached hydrogen (secondary N) is 2. The van der Waals surface area contributed by atoms with Crippen molar-refractivity contribution in [2.45, 2.75) is 51.9 Å². The summed E-state index contributed by atoms with van der Waals surface area (Å²) >= 11 is 0. The monoisotopic (exact) mass is 366 g/mol. The Morgan fingerprint density at radius 3 is 2.81 bits per heavy atom. The van der Waals surface area contributed by atoms with Gasteiger partial charge in [0.05, 0.1) is 0 Å². The molecule has 1 aliphatic carbocycles. The Kier molecular flexibility index (Phi) is 4.97. The lowest BCUT2D eigenvalue weighted by Gasteiger charge is -2.20. The van der Waals surface area contributed by atoms with Crippen molar-refractivity contribution in [3.05, 3.63) is 41.1 Å². The number of benzene rings is 1. The Morgan fingerprint density at radius 2 is 2.04 bits per heavy atom. The van der Waals surface area contributed by atoms with Crippen LogP contribution < -0.4 is 10.2 Å². The molecule has 142 valence electrons. The molecule has 1 fully saturated rings. The molecular formula is C21H26N4O2. The first-order chi connectivity index (χ1) is 13.1. The van der Waals surface area contributed by atoms with Crippen LogP contribution in [-0.4, -0.2) is 28.6 Å². The third-order valence-electron chi connectivity index (χ3n) is 5.72. The van der Waals surface area contributed by atoms with E-state index in [1.165, 1.54) is 32.1 Å². The molecule has 1 saturated carbocycles.